The first-order valence-electron chi connectivity index (χ1n) is 12.8. The number of ether oxygens (including phenoxy) is 1. The first-order chi connectivity index (χ1) is 18.6. The van der Waals surface area contributed by atoms with E-state index in [1.165, 1.54) is 0 Å². The number of para-hydroxylation sites is 1. The Labute approximate surface area is 229 Å². The number of carbonyl (C=O) groups excluding carboxylic acids is 2. The van der Waals surface area contributed by atoms with E-state index in [9.17, 15) is 14.7 Å². The van der Waals surface area contributed by atoms with Crippen LogP contribution in [-0.4, -0.2) is 69.8 Å². The molecule has 3 aromatic rings. The standard InChI is InChI=1S/C28H28ClN5O5/c1-28(2,3)39-27(37)32-23-17-11-34(12-18(17)23)21(35)13-38-33-24-15-6-4-5-7-19(15)30-25(24)22-16-10-14(29)8-9-20(16)31-26(22)36/h4-10,17-18,23,31,36H,11-13H2,1-3H3,(H,32,37)/t17-,18+,23?. The van der Waals surface area contributed by atoms with Gasteiger partial charge in [0.15, 0.2) is 12.5 Å². The number of carbonyl (C=O) groups is 2. The summed E-state index contributed by atoms with van der Waals surface area (Å²) in [5.74, 6) is 0.178. The first kappa shape index (κ1) is 25.2. The fraction of sp³-hybridized carbons (Fsp3) is 0.357. The smallest absolute Gasteiger partial charge is 0.407 e. The molecule has 2 amide bonds. The molecule has 2 aromatic carbocycles. The van der Waals surface area contributed by atoms with Crippen LogP contribution < -0.4 is 5.32 Å². The van der Waals surface area contributed by atoms with Gasteiger partial charge in [-0.15, -0.1) is 0 Å². The van der Waals surface area contributed by atoms with Crippen molar-refractivity contribution in [3.8, 4) is 5.88 Å². The van der Waals surface area contributed by atoms with Crippen LogP contribution in [0.15, 0.2) is 52.6 Å². The zero-order chi connectivity index (χ0) is 27.5. The van der Waals surface area contributed by atoms with Crippen LogP contribution in [0.1, 0.15) is 31.9 Å². The zero-order valence-electron chi connectivity index (χ0n) is 21.7. The maximum atomic E-state index is 12.9. The molecule has 1 aromatic heterocycles. The third kappa shape index (κ3) is 4.80. The summed E-state index contributed by atoms with van der Waals surface area (Å²) in [5, 5.41) is 19.2. The number of piperidine rings is 1. The zero-order valence-corrected chi connectivity index (χ0v) is 22.5. The minimum atomic E-state index is -0.556. The Morgan fingerprint density at radius 2 is 1.95 bits per heavy atom. The third-order valence-electron chi connectivity index (χ3n) is 7.17. The van der Waals surface area contributed by atoms with E-state index < -0.39 is 11.7 Å². The van der Waals surface area contributed by atoms with E-state index in [0.717, 1.165) is 5.56 Å². The van der Waals surface area contributed by atoms with E-state index in [0.29, 0.717) is 51.7 Å². The number of H-pyrrole nitrogens is 1. The molecule has 11 heteroatoms. The monoisotopic (exact) mass is 549 g/mol. The molecular formula is C28H28ClN5O5. The summed E-state index contributed by atoms with van der Waals surface area (Å²) < 4.78 is 5.33. The Bertz CT molecular complexity index is 1540. The average Bonchev–Trinajstić information content (AvgIpc) is 3.22. The number of hydrogen-bond acceptors (Lipinski definition) is 7. The van der Waals surface area contributed by atoms with E-state index in [2.05, 4.69) is 15.5 Å². The van der Waals surface area contributed by atoms with Crippen molar-refractivity contribution in [2.75, 3.05) is 19.7 Å². The number of nitrogens with one attached hydrogen (secondary N) is 2. The van der Waals surface area contributed by atoms with Crippen molar-refractivity contribution < 1.29 is 24.3 Å². The Morgan fingerprint density at radius 1 is 1.21 bits per heavy atom. The van der Waals surface area contributed by atoms with Crippen molar-refractivity contribution in [1.82, 2.24) is 15.2 Å². The number of fused-ring (bicyclic) bond motifs is 3. The van der Waals surface area contributed by atoms with Crippen molar-refractivity contribution >= 4 is 51.6 Å². The Kier molecular flexibility index (Phi) is 6.02. The van der Waals surface area contributed by atoms with Crippen molar-refractivity contribution in [3.05, 3.63) is 58.6 Å². The van der Waals surface area contributed by atoms with Crippen molar-refractivity contribution in [2.24, 2.45) is 22.0 Å². The van der Waals surface area contributed by atoms with E-state index in [-0.39, 0.29) is 36.3 Å². The number of alkyl carbamates (subject to hydrolysis) is 1. The minimum absolute atomic E-state index is 0.0242. The summed E-state index contributed by atoms with van der Waals surface area (Å²) in [5.41, 5.74) is 2.86. The molecule has 0 spiro atoms. The number of aliphatic imine (C=N–C) groups is 1. The van der Waals surface area contributed by atoms with Gasteiger partial charge >= 0.3 is 6.09 Å². The van der Waals surface area contributed by atoms with Crippen LogP contribution >= 0.6 is 11.6 Å². The molecule has 2 aliphatic heterocycles. The van der Waals surface area contributed by atoms with Gasteiger partial charge in [0.05, 0.1) is 11.3 Å². The molecule has 1 aliphatic carbocycles. The second-order valence-electron chi connectivity index (χ2n) is 11.0. The molecular weight excluding hydrogens is 522 g/mol. The summed E-state index contributed by atoms with van der Waals surface area (Å²) in [4.78, 5) is 39.8. The Balaban J connectivity index is 1.13. The number of likely N-dealkylation sites (tertiary alicyclic amines) is 1. The molecule has 1 unspecified atom stereocenters. The number of amides is 2. The number of aromatic hydroxyl groups is 1. The van der Waals surface area contributed by atoms with Crippen LogP contribution in [0.2, 0.25) is 5.02 Å². The Morgan fingerprint density at radius 3 is 2.69 bits per heavy atom. The largest absolute Gasteiger partial charge is 0.494 e. The highest BCUT2D eigenvalue weighted by Crippen LogP contribution is 2.45. The topological polar surface area (TPSA) is 129 Å². The lowest BCUT2D eigenvalue weighted by molar-refractivity contribution is -0.135. The van der Waals surface area contributed by atoms with Crippen LogP contribution in [0.3, 0.4) is 0 Å². The molecule has 3 heterocycles. The SMILES string of the molecule is CC(C)(C)OC(=O)NC1[C@H]2CN(C(=O)CON=C3C(c4c(O)[nH]c5ccc(Cl)cc45)=Nc4ccccc43)C[C@@H]12. The molecule has 1 saturated heterocycles. The van der Waals surface area contributed by atoms with Crippen LogP contribution in [0.5, 0.6) is 5.88 Å². The van der Waals surface area contributed by atoms with Gasteiger partial charge in [0.2, 0.25) is 0 Å². The molecule has 3 N–H and O–H groups in total. The average molecular weight is 550 g/mol. The highest BCUT2D eigenvalue weighted by atomic mass is 35.5. The lowest BCUT2D eigenvalue weighted by Crippen LogP contribution is -2.40. The van der Waals surface area contributed by atoms with E-state index >= 15 is 0 Å². The van der Waals surface area contributed by atoms with Gasteiger partial charge in [-0.1, -0.05) is 35.0 Å². The number of aromatic amines is 1. The molecule has 6 rings (SSSR count). The molecule has 2 fully saturated rings. The van der Waals surface area contributed by atoms with Crippen molar-refractivity contribution in [3.63, 3.8) is 0 Å². The fourth-order valence-electron chi connectivity index (χ4n) is 5.36. The van der Waals surface area contributed by atoms with Gasteiger partial charge in [-0.2, -0.15) is 0 Å². The van der Waals surface area contributed by atoms with Crippen molar-refractivity contribution in [1.29, 1.82) is 0 Å². The summed E-state index contributed by atoms with van der Waals surface area (Å²) in [6.45, 7) is 6.31. The Hall–Kier alpha value is -4.05. The molecule has 10 nitrogen and oxygen atoms in total. The normalized spacial score (nSPS) is 22.5. The first-order valence-corrected chi connectivity index (χ1v) is 13.1. The summed E-state index contributed by atoms with van der Waals surface area (Å²) in [6.07, 6.45) is -0.434. The predicted octanol–water partition coefficient (Wildman–Crippen LogP) is 4.36. The molecule has 202 valence electrons. The summed E-state index contributed by atoms with van der Waals surface area (Å²) in [7, 11) is 0. The highest BCUT2D eigenvalue weighted by Gasteiger charge is 2.57. The number of hydrogen-bond donors (Lipinski definition) is 3. The van der Waals surface area contributed by atoms with Gasteiger partial charge < -0.3 is 29.9 Å². The molecule has 3 atom stereocenters. The molecule has 0 radical (unpaired) electrons. The van der Waals surface area contributed by atoms with E-state index in [1.807, 2.05) is 45.0 Å². The second-order valence-corrected chi connectivity index (χ2v) is 11.5. The predicted molar refractivity (Wildman–Crippen MR) is 147 cm³/mol. The van der Waals surface area contributed by atoms with Gasteiger partial charge in [-0.05, 0) is 45.0 Å². The van der Waals surface area contributed by atoms with Crippen LogP contribution in [0.4, 0.5) is 10.5 Å². The number of benzene rings is 2. The van der Waals surface area contributed by atoms with Gasteiger partial charge in [0, 0.05) is 52.5 Å². The third-order valence-corrected chi connectivity index (χ3v) is 7.40. The van der Waals surface area contributed by atoms with Crippen LogP contribution in [0, 0.1) is 11.8 Å². The van der Waals surface area contributed by atoms with Crippen LogP contribution in [-0.2, 0) is 14.4 Å². The number of aromatic nitrogens is 1. The second kappa shape index (κ2) is 9.30. The molecule has 0 bridgehead atoms. The van der Waals surface area contributed by atoms with Gasteiger partial charge in [-0.3, -0.25) is 4.79 Å². The van der Waals surface area contributed by atoms with Gasteiger partial charge in [0.1, 0.15) is 17.0 Å². The maximum absolute atomic E-state index is 12.9. The molecule has 39 heavy (non-hydrogen) atoms. The van der Waals surface area contributed by atoms with E-state index in [1.54, 1.807) is 23.1 Å². The van der Waals surface area contributed by atoms with Gasteiger partial charge in [0.25, 0.3) is 5.91 Å². The fourth-order valence-corrected chi connectivity index (χ4v) is 5.53. The van der Waals surface area contributed by atoms with Gasteiger partial charge in [-0.25, -0.2) is 9.79 Å². The highest BCUT2D eigenvalue weighted by molar-refractivity contribution is 6.58. The number of nitrogens with zero attached hydrogens (tertiary/aromatic N) is 3. The minimum Gasteiger partial charge on any atom is -0.494 e. The van der Waals surface area contributed by atoms with E-state index in [4.69, 9.17) is 26.2 Å². The lowest BCUT2D eigenvalue weighted by atomic mass is 10.0. The number of rotatable bonds is 5. The quantitative estimate of drug-likeness (QED) is 0.407. The van der Waals surface area contributed by atoms with Crippen molar-refractivity contribution in [2.45, 2.75) is 32.4 Å². The molecule has 1 saturated carbocycles. The summed E-state index contributed by atoms with van der Waals surface area (Å²) >= 11 is 6.23. The molecule has 3 aliphatic rings. The van der Waals surface area contributed by atoms with Crippen LogP contribution in [0.25, 0.3) is 10.9 Å². The lowest BCUT2D eigenvalue weighted by Gasteiger charge is -2.22. The number of oxime groups is 1. The summed E-state index contributed by atoms with van der Waals surface area (Å²) in [6, 6.07) is 12.7. The maximum Gasteiger partial charge on any atom is 0.407 e. The number of halogens is 1.